The van der Waals surface area contributed by atoms with Crippen molar-refractivity contribution in [3.8, 4) is 0 Å². The third-order valence-corrected chi connectivity index (χ3v) is 1.81. The van der Waals surface area contributed by atoms with E-state index in [-0.39, 0.29) is 17.9 Å². The highest BCUT2D eigenvalue weighted by molar-refractivity contribution is 6.58. The molecule has 1 heterocycles. The number of likely N-dealkylation sites (N-methyl/N-ethyl adjacent to an activating group) is 1. The minimum atomic E-state index is -1.56. The van der Waals surface area contributed by atoms with Crippen LogP contribution in [0, 0.1) is 0 Å². The van der Waals surface area contributed by atoms with Crippen molar-refractivity contribution in [2.24, 2.45) is 0 Å². The standard InChI is InChI=1S/C9H14BN3O3/c1-13(2)6-9(14)12-8-5-7(10(15)16)3-4-11-8/h3-5,15-16H,6H2,1-2H3,(H,11,12,14). The first-order valence-electron chi connectivity index (χ1n) is 4.75. The summed E-state index contributed by atoms with van der Waals surface area (Å²) in [6.07, 6.45) is 1.40. The van der Waals surface area contributed by atoms with Crippen molar-refractivity contribution in [2.75, 3.05) is 26.0 Å². The number of nitrogens with zero attached hydrogens (tertiary/aromatic N) is 2. The van der Waals surface area contributed by atoms with Crippen LogP contribution in [0.5, 0.6) is 0 Å². The van der Waals surface area contributed by atoms with Crippen molar-refractivity contribution in [1.29, 1.82) is 0 Å². The summed E-state index contributed by atoms with van der Waals surface area (Å²) in [7, 11) is 1.99. The van der Waals surface area contributed by atoms with Gasteiger partial charge in [-0.1, -0.05) is 0 Å². The molecule has 6 nitrogen and oxygen atoms in total. The summed E-state index contributed by atoms with van der Waals surface area (Å²) >= 11 is 0. The molecule has 16 heavy (non-hydrogen) atoms. The van der Waals surface area contributed by atoms with Crippen molar-refractivity contribution in [3.05, 3.63) is 18.3 Å². The molecule has 1 amide bonds. The molecule has 0 fully saturated rings. The molecular weight excluding hydrogens is 209 g/mol. The molecule has 0 aliphatic rings. The summed E-state index contributed by atoms with van der Waals surface area (Å²) in [5.41, 5.74) is 0.287. The zero-order valence-electron chi connectivity index (χ0n) is 9.21. The molecule has 0 unspecified atom stereocenters. The Morgan fingerprint density at radius 1 is 1.56 bits per heavy atom. The average Bonchev–Trinajstić information content (AvgIpc) is 2.16. The van der Waals surface area contributed by atoms with Gasteiger partial charge in [-0.15, -0.1) is 0 Å². The molecule has 0 bridgehead atoms. The Balaban J connectivity index is 2.67. The second kappa shape index (κ2) is 5.59. The third kappa shape index (κ3) is 3.97. The van der Waals surface area contributed by atoms with Crippen LogP contribution in [-0.2, 0) is 4.79 Å². The van der Waals surface area contributed by atoms with E-state index in [9.17, 15) is 4.79 Å². The Bertz CT molecular complexity index is 371. The normalized spacial score (nSPS) is 10.3. The van der Waals surface area contributed by atoms with E-state index in [1.165, 1.54) is 18.3 Å². The summed E-state index contributed by atoms with van der Waals surface area (Å²) in [5.74, 6) is 0.0968. The molecule has 0 spiro atoms. The molecule has 0 aliphatic carbocycles. The number of carbonyl (C=O) groups is 1. The van der Waals surface area contributed by atoms with Gasteiger partial charge in [0.15, 0.2) is 0 Å². The molecule has 1 aromatic rings. The van der Waals surface area contributed by atoms with E-state index in [1.54, 1.807) is 19.0 Å². The summed E-state index contributed by atoms with van der Waals surface area (Å²) in [4.78, 5) is 17.0. The second-order valence-electron chi connectivity index (χ2n) is 3.63. The predicted octanol–water partition coefficient (Wildman–Crippen LogP) is -1.74. The predicted molar refractivity (Wildman–Crippen MR) is 61.2 cm³/mol. The van der Waals surface area contributed by atoms with Crippen LogP contribution in [0.1, 0.15) is 0 Å². The molecule has 86 valence electrons. The van der Waals surface area contributed by atoms with Gasteiger partial charge in [-0.2, -0.15) is 0 Å². The number of hydrogen-bond acceptors (Lipinski definition) is 5. The Kier molecular flexibility index (Phi) is 4.42. The van der Waals surface area contributed by atoms with Crippen LogP contribution in [0.3, 0.4) is 0 Å². The van der Waals surface area contributed by atoms with Crippen molar-refractivity contribution in [2.45, 2.75) is 0 Å². The molecule has 0 aromatic carbocycles. The van der Waals surface area contributed by atoms with E-state index in [0.29, 0.717) is 5.82 Å². The lowest BCUT2D eigenvalue weighted by Gasteiger charge is -2.10. The van der Waals surface area contributed by atoms with Crippen molar-refractivity contribution in [3.63, 3.8) is 0 Å². The fourth-order valence-corrected chi connectivity index (χ4v) is 1.15. The van der Waals surface area contributed by atoms with E-state index in [4.69, 9.17) is 10.0 Å². The zero-order chi connectivity index (χ0) is 12.1. The highest BCUT2D eigenvalue weighted by atomic mass is 16.4. The fourth-order valence-electron chi connectivity index (χ4n) is 1.15. The van der Waals surface area contributed by atoms with E-state index < -0.39 is 7.12 Å². The van der Waals surface area contributed by atoms with Gasteiger partial charge in [-0.25, -0.2) is 4.98 Å². The molecule has 0 atom stereocenters. The smallest absolute Gasteiger partial charge is 0.423 e. The number of hydrogen-bond donors (Lipinski definition) is 3. The van der Waals surface area contributed by atoms with Gasteiger partial charge in [0, 0.05) is 6.20 Å². The van der Waals surface area contributed by atoms with Crippen LogP contribution in [-0.4, -0.2) is 53.6 Å². The number of pyridine rings is 1. The zero-order valence-corrected chi connectivity index (χ0v) is 9.21. The number of rotatable bonds is 4. The molecular formula is C9H14BN3O3. The topological polar surface area (TPSA) is 85.7 Å². The molecule has 0 aliphatic heterocycles. The van der Waals surface area contributed by atoms with E-state index in [2.05, 4.69) is 10.3 Å². The number of carbonyl (C=O) groups excluding carboxylic acids is 1. The van der Waals surface area contributed by atoms with E-state index in [0.717, 1.165) is 0 Å². The summed E-state index contributed by atoms with van der Waals surface area (Å²) < 4.78 is 0. The Hall–Kier alpha value is -1.44. The van der Waals surface area contributed by atoms with Crippen LogP contribution < -0.4 is 10.8 Å². The Morgan fingerprint density at radius 2 is 2.25 bits per heavy atom. The van der Waals surface area contributed by atoms with Crippen LogP contribution in [0.25, 0.3) is 0 Å². The van der Waals surface area contributed by atoms with Crippen LogP contribution in [0.2, 0.25) is 0 Å². The van der Waals surface area contributed by atoms with Crippen molar-refractivity contribution in [1.82, 2.24) is 9.88 Å². The number of aromatic nitrogens is 1. The molecule has 0 saturated carbocycles. The molecule has 7 heteroatoms. The number of anilines is 1. The third-order valence-electron chi connectivity index (χ3n) is 1.81. The summed E-state index contributed by atoms with van der Waals surface area (Å²) in [6.45, 7) is 0.244. The van der Waals surface area contributed by atoms with Gasteiger partial charge in [-0.05, 0) is 31.7 Å². The van der Waals surface area contributed by atoms with Crippen LogP contribution >= 0.6 is 0 Å². The first-order valence-corrected chi connectivity index (χ1v) is 4.75. The molecule has 1 aromatic heterocycles. The fraction of sp³-hybridized carbons (Fsp3) is 0.333. The minimum Gasteiger partial charge on any atom is -0.423 e. The minimum absolute atomic E-state index is 0.206. The first-order chi connectivity index (χ1) is 7.49. The van der Waals surface area contributed by atoms with Gasteiger partial charge in [0.05, 0.1) is 6.54 Å². The number of amides is 1. The SMILES string of the molecule is CN(C)CC(=O)Nc1cc(B(O)O)ccn1. The Morgan fingerprint density at radius 3 is 2.81 bits per heavy atom. The molecule has 3 N–H and O–H groups in total. The molecule has 1 rings (SSSR count). The van der Waals surface area contributed by atoms with E-state index in [1.807, 2.05) is 0 Å². The van der Waals surface area contributed by atoms with Gasteiger partial charge in [0.1, 0.15) is 5.82 Å². The largest absolute Gasteiger partial charge is 0.488 e. The van der Waals surface area contributed by atoms with Gasteiger partial charge < -0.3 is 20.3 Å². The lowest BCUT2D eigenvalue weighted by atomic mass is 9.81. The highest BCUT2D eigenvalue weighted by Crippen LogP contribution is 1.98. The lowest BCUT2D eigenvalue weighted by molar-refractivity contribution is -0.116. The summed E-state index contributed by atoms with van der Waals surface area (Å²) in [5, 5.41) is 20.4. The van der Waals surface area contributed by atoms with Gasteiger partial charge in [0.25, 0.3) is 0 Å². The van der Waals surface area contributed by atoms with Crippen LogP contribution in [0.4, 0.5) is 5.82 Å². The van der Waals surface area contributed by atoms with Gasteiger partial charge >= 0.3 is 7.12 Å². The monoisotopic (exact) mass is 223 g/mol. The first kappa shape index (κ1) is 12.6. The average molecular weight is 223 g/mol. The summed E-state index contributed by atoms with van der Waals surface area (Å²) in [6, 6.07) is 2.88. The maximum absolute atomic E-state index is 11.4. The number of nitrogens with one attached hydrogen (secondary N) is 1. The highest BCUT2D eigenvalue weighted by Gasteiger charge is 2.12. The lowest BCUT2D eigenvalue weighted by Crippen LogP contribution is -2.31. The second-order valence-corrected chi connectivity index (χ2v) is 3.63. The van der Waals surface area contributed by atoms with Crippen molar-refractivity contribution < 1.29 is 14.8 Å². The Labute approximate surface area is 94.1 Å². The maximum atomic E-state index is 11.4. The van der Waals surface area contributed by atoms with Crippen LogP contribution in [0.15, 0.2) is 18.3 Å². The van der Waals surface area contributed by atoms with Gasteiger partial charge in [-0.3, -0.25) is 4.79 Å². The molecule has 0 saturated heterocycles. The maximum Gasteiger partial charge on any atom is 0.488 e. The van der Waals surface area contributed by atoms with Crippen molar-refractivity contribution >= 4 is 24.3 Å². The van der Waals surface area contributed by atoms with E-state index >= 15 is 0 Å². The quantitative estimate of drug-likeness (QED) is 0.527. The molecule has 0 radical (unpaired) electrons. The van der Waals surface area contributed by atoms with Gasteiger partial charge in [0.2, 0.25) is 5.91 Å².